The smallest absolute Gasteiger partial charge is 0.266 e. The van der Waals surface area contributed by atoms with E-state index >= 15 is 0 Å². The van der Waals surface area contributed by atoms with Gasteiger partial charge in [0.05, 0.1) is 27.0 Å². The summed E-state index contributed by atoms with van der Waals surface area (Å²) in [4.78, 5) is 31.6. The van der Waals surface area contributed by atoms with Crippen LogP contribution in [0.15, 0.2) is 58.9 Å². The third-order valence-electron chi connectivity index (χ3n) is 5.59. The predicted octanol–water partition coefficient (Wildman–Crippen LogP) is 6.31. The minimum absolute atomic E-state index is 0.274. The molecule has 2 amide bonds. The number of rotatable bonds is 4. The molecule has 3 aromatic carbocycles. The van der Waals surface area contributed by atoms with Gasteiger partial charge in [-0.2, -0.15) is 0 Å². The number of nitrogens with zero attached hydrogens (tertiary/aromatic N) is 2. The molecule has 0 atom stereocenters. The van der Waals surface area contributed by atoms with Crippen LogP contribution in [-0.4, -0.2) is 16.8 Å². The van der Waals surface area contributed by atoms with Gasteiger partial charge in [-0.05, 0) is 67.8 Å². The van der Waals surface area contributed by atoms with Crippen LogP contribution < -0.4 is 4.90 Å². The molecule has 0 fully saturated rings. The number of thiazole rings is 1. The Bertz CT molecular complexity index is 1320. The highest BCUT2D eigenvalue weighted by atomic mass is 32.2. The van der Waals surface area contributed by atoms with Crippen molar-refractivity contribution in [2.45, 2.75) is 30.9 Å². The number of thioether (sulfide) groups is 1. The molecule has 0 N–H and O–H groups in total. The first-order valence-corrected chi connectivity index (χ1v) is 11.8. The number of benzene rings is 3. The van der Waals surface area contributed by atoms with Gasteiger partial charge in [0, 0.05) is 5.75 Å². The summed E-state index contributed by atoms with van der Waals surface area (Å²) in [5.41, 5.74) is 7.62. The van der Waals surface area contributed by atoms with Gasteiger partial charge in [0.2, 0.25) is 0 Å². The first kappa shape index (κ1) is 20.0. The lowest BCUT2D eigenvalue weighted by molar-refractivity contribution is 0.0926. The molecule has 4 nitrogen and oxygen atoms in total. The fraction of sp³-hybridized carbons (Fsp3) is 0.160. The van der Waals surface area contributed by atoms with E-state index in [-0.39, 0.29) is 11.8 Å². The van der Waals surface area contributed by atoms with Gasteiger partial charge in [0.25, 0.3) is 11.8 Å². The van der Waals surface area contributed by atoms with Crippen molar-refractivity contribution >= 4 is 50.8 Å². The van der Waals surface area contributed by atoms with Crippen molar-refractivity contribution in [2.75, 3.05) is 4.90 Å². The normalized spacial score (nSPS) is 13.3. The molecule has 0 spiro atoms. The number of aromatic nitrogens is 1. The Morgan fingerprint density at radius 3 is 2.19 bits per heavy atom. The molecule has 0 saturated heterocycles. The first-order valence-electron chi connectivity index (χ1n) is 10.0. The second kappa shape index (κ2) is 7.62. The molecule has 0 saturated carbocycles. The third-order valence-corrected chi connectivity index (χ3v) is 7.77. The minimum atomic E-state index is -0.274. The van der Waals surface area contributed by atoms with Crippen molar-refractivity contribution in [1.29, 1.82) is 0 Å². The molecule has 4 aromatic rings. The van der Waals surface area contributed by atoms with E-state index in [0.717, 1.165) is 20.3 Å². The molecule has 6 heteroatoms. The second-order valence-corrected chi connectivity index (χ2v) is 10.0. The highest BCUT2D eigenvalue weighted by Crippen LogP contribution is 2.36. The minimum Gasteiger partial charge on any atom is -0.268 e. The molecule has 154 valence electrons. The molecule has 1 aliphatic heterocycles. The van der Waals surface area contributed by atoms with Gasteiger partial charge < -0.3 is 0 Å². The van der Waals surface area contributed by atoms with Crippen molar-refractivity contribution < 1.29 is 9.59 Å². The van der Waals surface area contributed by atoms with Gasteiger partial charge in [0.15, 0.2) is 4.34 Å². The zero-order chi connectivity index (χ0) is 21.7. The Labute approximate surface area is 188 Å². The van der Waals surface area contributed by atoms with Crippen LogP contribution in [0.1, 0.15) is 43.0 Å². The molecule has 0 radical (unpaired) electrons. The Morgan fingerprint density at radius 1 is 0.903 bits per heavy atom. The number of anilines is 1. The monoisotopic (exact) mass is 444 g/mol. The summed E-state index contributed by atoms with van der Waals surface area (Å²) in [6.45, 7) is 6.43. The van der Waals surface area contributed by atoms with Gasteiger partial charge in [-0.3, -0.25) is 9.59 Å². The van der Waals surface area contributed by atoms with E-state index < -0.39 is 0 Å². The second-order valence-electron chi connectivity index (χ2n) is 7.79. The SMILES string of the molecule is Cc1cc(C)c(CSc2nc3ccc(N4C(=O)c5ccccc5C4=O)cc3s2)c(C)c1. The van der Waals surface area contributed by atoms with Crippen molar-refractivity contribution in [3.8, 4) is 0 Å². The lowest BCUT2D eigenvalue weighted by atomic mass is 10.0. The number of aryl methyl sites for hydroxylation is 3. The maximum Gasteiger partial charge on any atom is 0.266 e. The Balaban J connectivity index is 1.41. The van der Waals surface area contributed by atoms with Crippen LogP contribution in [0.4, 0.5) is 5.69 Å². The Hall–Kier alpha value is -2.96. The van der Waals surface area contributed by atoms with Gasteiger partial charge in [-0.15, -0.1) is 11.3 Å². The maximum absolute atomic E-state index is 12.8. The number of hydrogen-bond acceptors (Lipinski definition) is 5. The predicted molar refractivity (Wildman–Crippen MR) is 127 cm³/mol. The van der Waals surface area contributed by atoms with Gasteiger partial charge in [0.1, 0.15) is 0 Å². The molecule has 2 heterocycles. The molecule has 0 bridgehead atoms. The molecule has 1 aromatic heterocycles. The molecule has 1 aliphatic rings. The van der Waals surface area contributed by atoms with Gasteiger partial charge in [-0.25, -0.2) is 9.88 Å². The van der Waals surface area contributed by atoms with Gasteiger partial charge >= 0.3 is 0 Å². The van der Waals surface area contributed by atoms with Crippen LogP contribution in [0.3, 0.4) is 0 Å². The topological polar surface area (TPSA) is 50.3 Å². The summed E-state index contributed by atoms with van der Waals surface area (Å²) < 4.78 is 1.95. The first-order chi connectivity index (χ1) is 14.9. The molecular formula is C25H20N2O2S2. The molecule has 0 aliphatic carbocycles. The maximum atomic E-state index is 12.8. The summed E-state index contributed by atoms with van der Waals surface area (Å²) in [5, 5.41) is 0. The fourth-order valence-electron chi connectivity index (χ4n) is 4.09. The number of hydrogen-bond donors (Lipinski definition) is 0. The summed E-state index contributed by atoms with van der Waals surface area (Å²) in [5.74, 6) is 0.317. The van der Waals surface area contributed by atoms with Crippen LogP contribution in [-0.2, 0) is 5.75 Å². The summed E-state index contributed by atoms with van der Waals surface area (Å²) in [6.07, 6.45) is 0. The lowest BCUT2D eigenvalue weighted by Gasteiger charge is -2.13. The number of fused-ring (bicyclic) bond motifs is 2. The fourth-order valence-corrected chi connectivity index (χ4v) is 6.39. The quantitative estimate of drug-likeness (QED) is 0.273. The molecule has 5 rings (SSSR count). The van der Waals surface area contributed by atoms with E-state index in [1.54, 1.807) is 53.4 Å². The van der Waals surface area contributed by atoms with E-state index in [0.29, 0.717) is 16.8 Å². The van der Waals surface area contributed by atoms with Crippen molar-refractivity contribution in [3.63, 3.8) is 0 Å². The van der Waals surface area contributed by atoms with E-state index in [1.165, 1.54) is 27.2 Å². The number of amides is 2. The van der Waals surface area contributed by atoms with Gasteiger partial charge in [-0.1, -0.05) is 41.6 Å². The number of carbonyl (C=O) groups excluding carboxylic acids is 2. The average Bonchev–Trinajstić information content (AvgIpc) is 3.25. The average molecular weight is 445 g/mol. The van der Waals surface area contributed by atoms with Crippen LogP contribution in [0.2, 0.25) is 0 Å². The molecular weight excluding hydrogens is 424 g/mol. The van der Waals surface area contributed by atoms with Crippen molar-refractivity contribution in [1.82, 2.24) is 4.98 Å². The summed E-state index contributed by atoms with van der Waals surface area (Å²) >= 11 is 3.32. The number of imide groups is 1. The molecule has 31 heavy (non-hydrogen) atoms. The van der Waals surface area contributed by atoms with Crippen molar-refractivity contribution in [3.05, 3.63) is 88.0 Å². The van der Waals surface area contributed by atoms with Crippen molar-refractivity contribution in [2.24, 2.45) is 0 Å². The summed E-state index contributed by atoms with van der Waals surface area (Å²) in [7, 11) is 0. The molecule has 0 unspecified atom stereocenters. The van der Waals surface area contributed by atoms with Crippen LogP contribution in [0.25, 0.3) is 10.2 Å². The summed E-state index contributed by atoms with van der Waals surface area (Å²) in [6, 6.07) is 17.0. The van der Waals surface area contributed by atoms with E-state index in [4.69, 9.17) is 4.98 Å². The van der Waals surface area contributed by atoms with Crippen LogP contribution in [0, 0.1) is 20.8 Å². The van der Waals surface area contributed by atoms with E-state index in [1.807, 2.05) is 12.1 Å². The van der Waals surface area contributed by atoms with E-state index in [9.17, 15) is 9.59 Å². The highest BCUT2D eigenvalue weighted by Gasteiger charge is 2.36. The Morgan fingerprint density at radius 2 is 1.55 bits per heavy atom. The van der Waals surface area contributed by atoms with Crippen LogP contribution in [0.5, 0.6) is 0 Å². The largest absolute Gasteiger partial charge is 0.268 e. The third kappa shape index (κ3) is 3.46. The zero-order valence-corrected chi connectivity index (χ0v) is 19.1. The van der Waals surface area contributed by atoms with Crippen LogP contribution >= 0.6 is 23.1 Å². The number of carbonyl (C=O) groups is 2. The van der Waals surface area contributed by atoms with E-state index in [2.05, 4.69) is 32.9 Å². The lowest BCUT2D eigenvalue weighted by Crippen LogP contribution is -2.29. The highest BCUT2D eigenvalue weighted by molar-refractivity contribution is 8.00. The standard InChI is InChI=1S/C25H20N2O2S2/c1-14-10-15(2)20(16(3)11-14)13-30-25-26-21-9-8-17(12-22(21)31-25)27-23(28)18-6-4-5-7-19(18)24(27)29/h4-12H,13H2,1-3H3. The zero-order valence-electron chi connectivity index (χ0n) is 17.4. The Kier molecular flexibility index (Phi) is 4.91.